The Labute approximate surface area is 161 Å². The zero-order chi connectivity index (χ0) is 19.7. The molecule has 1 saturated heterocycles. The van der Waals surface area contributed by atoms with Gasteiger partial charge < -0.3 is 14.4 Å². The van der Waals surface area contributed by atoms with Crippen LogP contribution < -0.4 is 4.74 Å². The summed E-state index contributed by atoms with van der Waals surface area (Å²) in [6.07, 6.45) is 3.41. The molecule has 4 heterocycles. The molecule has 1 amide bonds. The number of hydrogen-bond donors (Lipinski definition) is 0. The van der Waals surface area contributed by atoms with E-state index in [-0.39, 0.29) is 11.9 Å². The summed E-state index contributed by atoms with van der Waals surface area (Å²) in [4.78, 5) is 19.1. The normalized spacial score (nSPS) is 17.0. The molecule has 0 bridgehead atoms. The Bertz CT molecular complexity index is 979. The van der Waals surface area contributed by atoms with Crippen molar-refractivity contribution in [1.82, 2.24) is 34.7 Å². The highest BCUT2D eigenvalue weighted by atomic mass is 16.5. The molecule has 10 nitrogen and oxygen atoms in total. The summed E-state index contributed by atoms with van der Waals surface area (Å²) in [6.45, 7) is 3.55. The van der Waals surface area contributed by atoms with Gasteiger partial charge in [0.2, 0.25) is 5.88 Å². The largest absolute Gasteiger partial charge is 0.481 e. The minimum Gasteiger partial charge on any atom is -0.481 e. The first kappa shape index (κ1) is 18.1. The van der Waals surface area contributed by atoms with E-state index in [9.17, 15) is 4.79 Å². The van der Waals surface area contributed by atoms with E-state index in [1.54, 1.807) is 52.9 Å². The summed E-state index contributed by atoms with van der Waals surface area (Å²) in [7, 11) is 3.34. The van der Waals surface area contributed by atoms with Crippen molar-refractivity contribution in [3.8, 4) is 23.0 Å². The second kappa shape index (κ2) is 7.39. The van der Waals surface area contributed by atoms with Crippen molar-refractivity contribution in [3.05, 3.63) is 36.3 Å². The van der Waals surface area contributed by atoms with E-state index in [4.69, 9.17) is 9.47 Å². The quantitative estimate of drug-likeness (QED) is 0.661. The van der Waals surface area contributed by atoms with E-state index >= 15 is 0 Å². The number of morpholine rings is 1. The Hall–Kier alpha value is -3.27. The molecular formula is C18H21N7O3. The number of carbonyl (C=O) groups excluding carboxylic acids is 1. The summed E-state index contributed by atoms with van der Waals surface area (Å²) >= 11 is 0. The molecule has 0 aliphatic carbocycles. The molecule has 3 aromatic heterocycles. The zero-order valence-corrected chi connectivity index (χ0v) is 15.9. The first-order chi connectivity index (χ1) is 13.6. The number of aryl methyl sites for hydroxylation is 1. The fourth-order valence-corrected chi connectivity index (χ4v) is 3.12. The van der Waals surface area contributed by atoms with Gasteiger partial charge in [-0.25, -0.2) is 9.67 Å². The highest BCUT2D eigenvalue weighted by Gasteiger charge is 2.28. The number of amides is 1. The number of ether oxygens (including phenoxy) is 2. The van der Waals surface area contributed by atoms with Gasteiger partial charge in [0.05, 0.1) is 50.1 Å². The third kappa shape index (κ3) is 3.33. The Balaban J connectivity index is 1.76. The van der Waals surface area contributed by atoms with Gasteiger partial charge in [-0.3, -0.25) is 9.48 Å². The van der Waals surface area contributed by atoms with Crippen molar-refractivity contribution in [3.63, 3.8) is 0 Å². The maximum Gasteiger partial charge on any atom is 0.274 e. The zero-order valence-electron chi connectivity index (χ0n) is 15.9. The van der Waals surface area contributed by atoms with Gasteiger partial charge in [0.1, 0.15) is 5.69 Å². The van der Waals surface area contributed by atoms with Crippen LogP contribution >= 0.6 is 0 Å². The van der Waals surface area contributed by atoms with Crippen molar-refractivity contribution in [1.29, 1.82) is 0 Å². The first-order valence-corrected chi connectivity index (χ1v) is 8.92. The van der Waals surface area contributed by atoms with Crippen molar-refractivity contribution in [2.45, 2.75) is 13.0 Å². The van der Waals surface area contributed by atoms with Gasteiger partial charge in [-0.2, -0.15) is 5.10 Å². The maximum atomic E-state index is 13.1. The molecule has 0 N–H and O–H groups in total. The molecular weight excluding hydrogens is 362 g/mol. The van der Waals surface area contributed by atoms with Crippen LogP contribution in [-0.2, 0) is 11.8 Å². The lowest BCUT2D eigenvalue weighted by Crippen LogP contribution is -2.47. The molecule has 1 aliphatic rings. The highest BCUT2D eigenvalue weighted by molar-refractivity contribution is 5.93. The smallest absolute Gasteiger partial charge is 0.274 e. The number of hydrogen-bond acceptors (Lipinski definition) is 7. The van der Waals surface area contributed by atoms with Crippen LogP contribution in [0.25, 0.3) is 17.1 Å². The van der Waals surface area contributed by atoms with Crippen LogP contribution in [0.5, 0.6) is 5.88 Å². The van der Waals surface area contributed by atoms with Crippen LogP contribution in [0.3, 0.4) is 0 Å². The second-order valence-corrected chi connectivity index (χ2v) is 6.59. The molecule has 4 rings (SSSR count). The molecule has 10 heteroatoms. The van der Waals surface area contributed by atoms with Gasteiger partial charge in [0.15, 0.2) is 5.69 Å². The van der Waals surface area contributed by atoms with E-state index in [1.807, 2.05) is 13.0 Å². The van der Waals surface area contributed by atoms with Crippen LogP contribution in [0.2, 0.25) is 0 Å². The third-order valence-corrected chi connectivity index (χ3v) is 4.60. The van der Waals surface area contributed by atoms with Crippen LogP contribution in [-0.4, -0.2) is 73.5 Å². The van der Waals surface area contributed by atoms with Gasteiger partial charge in [-0.1, -0.05) is 5.21 Å². The lowest BCUT2D eigenvalue weighted by Gasteiger charge is -2.32. The van der Waals surface area contributed by atoms with E-state index in [2.05, 4.69) is 20.4 Å². The van der Waals surface area contributed by atoms with Crippen LogP contribution in [0, 0.1) is 0 Å². The van der Waals surface area contributed by atoms with Crippen LogP contribution in [0.4, 0.5) is 0 Å². The molecule has 1 atom stereocenters. The summed E-state index contributed by atoms with van der Waals surface area (Å²) in [5.41, 5.74) is 2.30. The van der Waals surface area contributed by atoms with Gasteiger partial charge in [0, 0.05) is 19.7 Å². The van der Waals surface area contributed by atoms with Crippen molar-refractivity contribution >= 4 is 5.91 Å². The fraction of sp³-hybridized carbons (Fsp3) is 0.389. The Kier molecular flexibility index (Phi) is 4.78. The molecule has 1 aliphatic heterocycles. The molecule has 0 spiro atoms. The highest BCUT2D eigenvalue weighted by Crippen LogP contribution is 2.24. The maximum absolute atomic E-state index is 13.1. The van der Waals surface area contributed by atoms with Crippen molar-refractivity contribution in [2.75, 3.05) is 26.9 Å². The minimum atomic E-state index is -0.138. The lowest BCUT2D eigenvalue weighted by molar-refractivity contribution is 0.00325. The Morgan fingerprint density at radius 1 is 1.36 bits per heavy atom. The van der Waals surface area contributed by atoms with Crippen LogP contribution in [0.15, 0.2) is 30.6 Å². The van der Waals surface area contributed by atoms with Crippen LogP contribution in [0.1, 0.15) is 17.4 Å². The summed E-state index contributed by atoms with van der Waals surface area (Å²) in [5, 5.41) is 12.7. The van der Waals surface area contributed by atoms with Gasteiger partial charge in [-0.05, 0) is 19.1 Å². The molecule has 0 aromatic carbocycles. The number of aromatic nitrogens is 6. The fourth-order valence-electron chi connectivity index (χ4n) is 3.12. The number of pyridine rings is 1. The average molecular weight is 383 g/mol. The van der Waals surface area contributed by atoms with Crippen molar-refractivity contribution in [2.24, 2.45) is 7.05 Å². The first-order valence-electron chi connectivity index (χ1n) is 8.92. The van der Waals surface area contributed by atoms with E-state index in [0.717, 1.165) is 0 Å². The number of methoxy groups -OCH3 is 1. The predicted molar refractivity (Wildman–Crippen MR) is 99.2 cm³/mol. The molecule has 0 saturated carbocycles. The number of carbonyl (C=O) groups is 1. The van der Waals surface area contributed by atoms with Gasteiger partial charge in [0.25, 0.3) is 5.91 Å². The van der Waals surface area contributed by atoms with Crippen molar-refractivity contribution < 1.29 is 14.3 Å². The summed E-state index contributed by atoms with van der Waals surface area (Å²) < 4.78 is 13.8. The Morgan fingerprint density at radius 3 is 2.86 bits per heavy atom. The standard InChI is InChI=1S/C18H21N7O3/c1-12-11-28-7-6-24(12)18(26)14-8-16(15-10-23(2)22-20-15)25(21-14)13-4-5-17(27-3)19-9-13/h4-5,8-10,12H,6-7,11H2,1-3H3/t12-/m1/s1. The molecule has 1 fully saturated rings. The molecule has 0 radical (unpaired) electrons. The molecule has 0 unspecified atom stereocenters. The van der Waals surface area contributed by atoms with Gasteiger partial charge >= 0.3 is 0 Å². The second-order valence-electron chi connectivity index (χ2n) is 6.59. The Morgan fingerprint density at radius 2 is 2.21 bits per heavy atom. The minimum absolute atomic E-state index is 0.00554. The van der Waals surface area contributed by atoms with Gasteiger partial charge in [-0.15, -0.1) is 5.10 Å². The predicted octanol–water partition coefficient (Wildman–Crippen LogP) is 0.932. The third-order valence-electron chi connectivity index (χ3n) is 4.60. The number of nitrogens with zero attached hydrogens (tertiary/aromatic N) is 7. The van der Waals surface area contributed by atoms with E-state index < -0.39 is 0 Å². The summed E-state index contributed by atoms with van der Waals surface area (Å²) in [5.74, 6) is 0.358. The molecule has 3 aromatic rings. The number of rotatable bonds is 4. The monoisotopic (exact) mass is 383 g/mol. The topological polar surface area (TPSA) is 100 Å². The average Bonchev–Trinajstić information content (AvgIpc) is 3.34. The summed E-state index contributed by atoms with van der Waals surface area (Å²) in [6, 6.07) is 5.29. The lowest BCUT2D eigenvalue weighted by atomic mass is 10.2. The van der Waals surface area contributed by atoms with E-state index in [0.29, 0.717) is 48.4 Å². The van der Waals surface area contributed by atoms with E-state index in [1.165, 1.54) is 0 Å². The molecule has 146 valence electrons. The molecule has 28 heavy (non-hydrogen) atoms. The SMILES string of the molecule is COc1ccc(-n2nc(C(=O)N3CCOC[C@H]3C)cc2-c2cn(C)nn2)cn1.